The van der Waals surface area contributed by atoms with E-state index in [1.54, 1.807) is 24.0 Å². The van der Waals surface area contributed by atoms with Crippen molar-refractivity contribution < 1.29 is 19.1 Å². The van der Waals surface area contributed by atoms with Gasteiger partial charge in [-0.2, -0.15) is 0 Å². The summed E-state index contributed by atoms with van der Waals surface area (Å²) in [7, 11) is 7.26. The molecule has 184 valence electrons. The van der Waals surface area contributed by atoms with Crippen molar-refractivity contribution in [1.82, 2.24) is 19.7 Å². The maximum absolute atomic E-state index is 13.8. The van der Waals surface area contributed by atoms with Crippen LogP contribution in [-0.4, -0.2) is 85.5 Å². The van der Waals surface area contributed by atoms with Gasteiger partial charge in [-0.3, -0.25) is 9.59 Å². The molecule has 1 N–H and O–H groups in total. The van der Waals surface area contributed by atoms with E-state index in [9.17, 15) is 9.59 Å². The van der Waals surface area contributed by atoms with Crippen LogP contribution in [0.5, 0.6) is 11.5 Å². The van der Waals surface area contributed by atoms with Crippen molar-refractivity contribution in [2.24, 2.45) is 0 Å². The highest BCUT2D eigenvalue weighted by atomic mass is 16.5. The van der Waals surface area contributed by atoms with Crippen LogP contribution >= 0.6 is 0 Å². The predicted octanol–water partition coefficient (Wildman–Crippen LogP) is 2.82. The summed E-state index contributed by atoms with van der Waals surface area (Å²) in [6.45, 7) is 1.52. The van der Waals surface area contributed by atoms with Crippen molar-refractivity contribution in [1.29, 1.82) is 0 Å². The molecule has 35 heavy (non-hydrogen) atoms. The van der Waals surface area contributed by atoms with Gasteiger partial charge < -0.3 is 29.2 Å². The molecule has 8 nitrogen and oxygen atoms in total. The van der Waals surface area contributed by atoms with E-state index in [1.165, 1.54) is 0 Å². The van der Waals surface area contributed by atoms with Crippen LogP contribution in [0.25, 0.3) is 10.9 Å². The number of fused-ring (bicyclic) bond motifs is 4. The van der Waals surface area contributed by atoms with E-state index in [-0.39, 0.29) is 18.4 Å². The Kier molecular flexibility index (Phi) is 6.15. The van der Waals surface area contributed by atoms with Crippen LogP contribution in [0.2, 0.25) is 0 Å². The van der Waals surface area contributed by atoms with Crippen LogP contribution in [-0.2, 0) is 16.0 Å². The zero-order valence-electron chi connectivity index (χ0n) is 20.7. The maximum Gasteiger partial charge on any atom is 0.246 e. The molecule has 1 saturated heterocycles. The second-order valence-corrected chi connectivity index (χ2v) is 9.51. The molecule has 2 aliphatic rings. The van der Waals surface area contributed by atoms with Crippen LogP contribution < -0.4 is 9.47 Å². The minimum atomic E-state index is -0.566. The summed E-state index contributed by atoms with van der Waals surface area (Å²) in [5.41, 5.74) is 3.79. The Morgan fingerprint density at radius 1 is 1.09 bits per heavy atom. The number of aromatic amines is 1. The molecule has 1 fully saturated rings. The standard InChI is InChI=1S/C27H32N4O4/c1-29(2)12-7-13-30-16-24(32)31-22(27(30)33)15-19-18-8-5-6-9-21(18)28-25(19)26(31)20-14-17(34-3)10-11-23(20)35-4/h5-6,8-11,14,22,26,28H,7,12-13,15-16H2,1-4H3/t22-,26?/m0/s1. The van der Waals surface area contributed by atoms with Crippen molar-refractivity contribution in [3.05, 3.63) is 59.3 Å². The first-order valence-corrected chi connectivity index (χ1v) is 12.0. The third kappa shape index (κ3) is 4.01. The second kappa shape index (κ2) is 9.26. The highest BCUT2D eigenvalue weighted by molar-refractivity contribution is 5.97. The minimum Gasteiger partial charge on any atom is -0.497 e. The van der Waals surface area contributed by atoms with Gasteiger partial charge in [0.15, 0.2) is 0 Å². The van der Waals surface area contributed by atoms with Gasteiger partial charge in [0.2, 0.25) is 11.8 Å². The SMILES string of the molecule is COc1ccc(OC)c(C2c3[nH]c4ccccc4c3C[C@H]3C(=O)N(CCCN(C)C)CC(=O)N23)c1. The first kappa shape index (κ1) is 23.2. The molecule has 3 heterocycles. The molecule has 5 rings (SSSR count). The third-order valence-corrected chi connectivity index (χ3v) is 7.11. The molecule has 2 aliphatic heterocycles. The lowest BCUT2D eigenvalue weighted by atomic mass is 9.85. The number of hydrogen-bond donors (Lipinski definition) is 1. The number of benzene rings is 2. The molecule has 2 amide bonds. The van der Waals surface area contributed by atoms with Crippen molar-refractivity contribution >= 4 is 22.7 Å². The van der Waals surface area contributed by atoms with Crippen molar-refractivity contribution in [3.8, 4) is 11.5 Å². The number of rotatable bonds is 7. The smallest absolute Gasteiger partial charge is 0.246 e. The lowest BCUT2D eigenvalue weighted by Gasteiger charge is -2.47. The minimum absolute atomic E-state index is 0.00569. The zero-order valence-corrected chi connectivity index (χ0v) is 20.7. The van der Waals surface area contributed by atoms with E-state index in [0.29, 0.717) is 24.5 Å². The summed E-state index contributed by atoms with van der Waals surface area (Å²) in [4.78, 5) is 36.6. The quantitative estimate of drug-likeness (QED) is 0.568. The van der Waals surface area contributed by atoms with Crippen molar-refractivity contribution in [2.75, 3.05) is 47.9 Å². The Morgan fingerprint density at radius 3 is 2.63 bits per heavy atom. The summed E-state index contributed by atoms with van der Waals surface area (Å²) < 4.78 is 11.2. The molecular formula is C27H32N4O4. The number of nitrogens with zero attached hydrogens (tertiary/aromatic N) is 3. The fourth-order valence-corrected chi connectivity index (χ4v) is 5.47. The Labute approximate surface area is 205 Å². The van der Waals surface area contributed by atoms with Gasteiger partial charge in [-0.15, -0.1) is 0 Å². The van der Waals surface area contributed by atoms with Crippen molar-refractivity contribution in [3.63, 3.8) is 0 Å². The van der Waals surface area contributed by atoms with Crippen LogP contribution in [0.4, 0.5) is 0 Å². The molecule has 2 aromatic carbocycles. The van der Waals surface area contributed by atoms with E-state index in [1.807, 2.05) is 50.5 Å². The normalized spacial score (nSPS) is 19.8. The Morgan fingerprint density at radius 2 is 1.89 bits per heavy atom. The summed E-state index contributed by atoms with van der Waals surface area (Å²) in [6, 6.07) is 12.6. The summed E-state index contributed by atoms with van der Waals surface area (Å²) in [5.74, 6) is 1.26. The van der Waals surface area contributed by atoms with Gasteiger partial charge in [-0.25, -0.2) is 0 Å². The number of amides is 2. The topological polar surface area (TPSA) is 78.1 Å². The van der Waals surface area contributed by atoms with Gasteiger partial charge in [0.1, 0.15) is 23.6 Å². The third-order valence-electron chi connectivity index (χ3n) is 7.11. The van der Waals surface area contributed by atoms with Crippen LogP contribution in [0, 0.1) is 0 Å². The number of carbonyl (C=O) groups excluding carboxylic acids is 2. The molecule has 2 atom stereocenters. The molecule has 0 bridgehead atoms. The molecule has 3 aromatic rings. The fourth-order valence-electron chi connectivity index (χ4n) is 5.47. The molecule has 0 radical (unpaired) electrons. The summed E-state index contributed by atoms with van der Waals surface area (Å²) in [6.07, 6.45) is 1.31. The molecule has 0 saturated carbocycles. The average Bonchev–Trinajstić information content (AvgIpc) is 3.23. The highest BCUT2D eigenvalue weighted by Gasteiger charge is 2.48. The number of nitrogens with one attached hydrogen (secondary N) is 1. The second-order valence-electron chi connectivity index (χ2n) is 9.51. The van der Waals surface area contributed by atoms with Gasteiger partial charge in [-0.1, -0.05) is 18.2 Å². The molecule has 0 spiro atoms. The molecule has 0 aliphatic carbocycles. The summed E-state index contributed by atoms with van der Waals surface area (Å²) >= 11 is 0. The molecule has 8 heteroatoms. The van der Waals surface area contributed by atoms with Crippen LogP contribution in [0.15, 0.2) is 42.5 Å². The predicted molar refractivity (Wildman–Crippen MR) is 134 cm³/mol. The fraction of sp³-hybridized carbons (Fsp3) is 0.407. The number of para-hydroxylation sites is 1. The maximum atomic E-state index is 13.8. The Hall–Kier alpha value is -3.52. The first-order chi connectivity index (χ1) is 16.9. The van der Waals surface area contributed by atoms with E-state index in [4.69, 9.17) is 9.47 Å². The van der Waals surface area contributed by atoms with Crippen LogP contribution in [0.3, 0.4) is 0 Å². The number of carbonyl (C=O) groups is 2. The van der Waals surface area contributed by atoms with E-state index >= 15 is 0 Å². The first-order valence-electron chi connectivity index (χ1n) is 12.0. The number of piperazine rings is 1. The van der Waals surface area contributed by atoms with Gasteiger partial charge in [0.25, 0.3) is 0 Å². The molecule has 1 aromatic heterocycles. The number of aromatic nitrogens is 1. The summed E-state index contributed by atoms with van der Waals surface area (Å²) in [5, 5.41) is 1.08. The zero-order chi connectivity index (χ0) is 24.7. The highest BCUT2D eigenvalue weighted by Crippen LogP contribution is 2.45. The van der Waals surface area contributed by atoms with Gasteiger partial charge in [0, 0.05) is 35.1 Å². The van der Waals surface area contributed by atoms with E-state index in [2.05, 4.69) is 16.0 Å². The lowest BCUT2D eigenvalue weighted by Crippen LogP contribution is -2.63. The number of ether oxygens (including phenoxy) is 2. The van der Waals surface area contributed by atoms with Crippen molar-refractivity contribution in [2.45, 2.75) is 24.9 Å². The monoisotopic (exact) mass is 476 g/mol. The van der Waals surface area contributed by atoms with E-state index < -0.39 is 12.1 Å². The van der Waals surface area contributed by atoms with Gasteiger partial charge >= 0.3 is 0 Å². The number of hydrogen-bond acceptors (Lipinski definition) is 5. The number of methoxy groups -OCH3 is 2. The lowest BCUT2D eigenvalue weighted by molar-refractivity contribution is -0.158. The van der Waals surface area contributed by atoms with Crippen LogP contribution in [0.1, 0.15) is 29.3 Å². The molecule has 1 unspecified atom stereocenters. The van der Waals surface area contributed by atoms with Gasteiger partial charge in [-0.05, 0) is 56.9 Å². The van der Waals surface area contributed by atoms with Gasteiger partial charge in [0.05, 0.1) is 20.8 Å². The average molecular weight is 477 g/mol. The Bertz CT molecular complexity index is 1270. The Balaban J connectivity index is 1.63. The number of H-pyrrole nitrogens is 1. The van der Waals surface area contributed by atoms with E-state index in [0.717, 1.165) is 40.7 Å². The molecular weight excluding hydrogens is 444 g/mol. The largest absolute Gasteiger partial charge is 0.497 e.